The molecule has 0 spiro atoms. The molecule has 1 N–H and O–H groups in total. The average Bonchev–Trinajstić information content (AvgIpc) is 2.69. The van der Waals surface area contributed by atoms with Gasteiger partial charge < -0.3 is 24.6 Å². The van der Waals surface area contributed by atoms with E-state index in [1.807, 2.05) is 18.0 Å². The Morgan fingerprint density at radius 3 is 2.65 bits per heavy atom. The van der Waals surface area contributed by atoms with Crippen molar-refractivity contribution >= 4 is 11.6 Å². The minimum absolute atomic E-state index is 0.192. The van der Waals surface area contributed by atoms with Crippen LogP contribution in [-0.4, -0.2) is 71.0 Å². The van der Waals surface area contributed by atoms with Gasteiger partial charge in [0.2, 0.25) is 5.91 Å². The number of hydrogen-bond donors (Lipinski definition) is 1. The van der Waals surface area contributed by atoms with Crippen molar-refractivity contribution in [3.63, 3.8) is 0 Å². The van der Waals surface area contributed by atoms with Gasteiger partial charge in [0.1, 0.15) is 0 Å². The Morgan fingerprint density at radius 2 is 1.96 bits per heavy atom. The van der Waals surface area contributed by atoms with E-state index in [4.69, 9.17) is 9.47 Å². The quantitative estimate of drug-likeness (QED) is 0.832. The molecule has 6 heteroatoms. The Morgan fingerprint density at radius 1 is 1.27 bits per heavy atom. The molecule has 1 aromatic carbocycles. The van der Waals surface area contributed by atoms with Crippen LogP contribution in [0.15, 0.2) is 24.3 Å². The highest BCUT2D eigenvalue weighted by molar-refractivity contribution is 5.83. The number of piperidine rings is 1. The summed E-state index contributed by atoms with van der Waals surface area (Å²) in [5, 5.41) is 3.35. The summed E-state index contributed by atoms with van der Waals surface area (Å²) in [5.74, 6) is 0.192. The lowest BCUT2D eigenvalue weighted by molar-refractivity contribution is -0.146. The van der Waals surface area contributed by atoms with E-state index in [1.165, 1.54) is 11.3 Å². The number of para-hydroxylation sites is 1. The van der Waals surface area contributed by atoms with Crippen molar-refractivity contribution in [2.45, 2.75) is 19.4 Å². The molecule has 0 bridgehead atoms. The molecular weight excluding hydrogens is 330 g/mol. The number of methoxy groups -OCH3 is 1. The van der Waals surface area contributed by atoms with Crippen LogP contribution in [0.4, 0.5) is 5.69 Å². The third-order valence-electron chi connectivity index (χ3n) is 5.53. The first-order chi connectivity index (χ1) is 12.7. The zero-order valence-electron chi connectivity index (χ0n) is 16.0. The lowest BCUT2D eigenvalue weighted by Gasteiger charge is -2.39. The first-order valence-corrected chi connectivity index (χ1v) is 9.52. The number of amides is 1. The molecule has 0 saturated carbocycles. The Bertz CT molecular complexity index is 590. The van der Waals surface area contributed by atoms with Crippen LogP contribution in [0, 0.1) is 5.41 Å². The maximum atomic E-state index is 13.3. The fraction of sp³-hybridized carbons (Fsp3) is 0.650. The van der Waals surface area contributed by atoms with Crippen molar-refractivity contribution in [3.05, 3.63) is 29.8 Å². The topological polar surface area (TPSA) is 54.0 Å². The molecule has 0 aromatic heterocycles. The molecule has 1 aromatic rings. The molecule has 3 rings (SSSR count). The summed E-state index contributed by atoms with van der Waals surface area (Å²) < 4.78 is 10.9. The van der Waals surface area contributed by atoms with Gasteiger partial charge in [0, 0.05) is 39.5 Å². The van der Waals surface area contributed by atoms with Crippen molar-refractivity contribution in [2.75, 3.05) is 65.1 Å². The first kappa shape index (κ1) is 19.1. The van der Waals surface area contributed by atoms with Gasteiger partial charge in [0.05, 0.1) is 25.2 Å². The summed E-state index contributed by atoms with van der Waals surface area (Å²) in [6, 6.07) is 8.39. The number of hydrogen-bond acceptors (Lipinski definition) is 5. The van der Waals surface area contributed by atoms with E-state index < -0.39 is 5.41 Å². The van der Waals surface area contributed by atoms with Crippen molar-refractivity contribution in [1.29, 1.82) is 0 Å². The predicted molar refractivity (Wildman–Crippen MR) is 102 cm³/mol. The van der Waals surface area contributed by atoms with E-state index in [2.05, 4.69) is 28.4 Å². The fourth-order valence-electron chi connectivity index (χ4n) is 4.09. The lowest BCUT2D eigenvalue weighted by atomic mass is 9.78. The molecular formula is C20H31N3O3. The monoisotopic (exact) mass is 361 g/mol. The molecule has 2 aliphatic heterocycles. The van der Waals surface area contributed by atoms with E-state index in [9.17, 15) is 4.79 Å². The fourth-order valence-corrected chi connectivity index (χ4v) is 4.09. The second kappa shape index (κ2) is 8.84. The van der Waals surface area contributed by atoms with Crippen LogP contribution >= 0.6 is 0 Å². The third-order valence-corrected chi connectivity index (χ3v) is 5.53. The second-order valence-electron chi connectivity index (χ2n) is 7.35. The number of morpholine rings is 1. The summed E-state index contributed by atoms with van der Waals surface area (Å²) in [6.45, 7) is 6.15. The molecule has 1 amide bonds. The van der Waals surface area contributed by atoms with Crippen LogP contribution in [0.2, 0.25) is 0 Å². The van der Waals surface area contributed by atoms with E-state index in [0.717, 1.165) is 52.2 Å². The van der Waals surface area contributed by atoms with Gasteiger partial charge in [-0.1, -0.05) is 18.2 Å². The maximum Gasteiger partial charge on any atom is 0.231 e. The molecule has 0 aliphatic carbocycles. The Hall–Kier alpha value is -1.63. The largest absolute Gasteiger partial charge is 0.384 e. The summed E-state index contributed by atoms with van der Waals surface area (Å²) in [7, 11) is 3.60. The molecule has 2 aliphatic rings. The smallest absolute Gasteiger partial charge is 0.231 e. The number of carbonyl (C=O) groups excluding carboxylic acids is 1. The standard InChI is InChI=1S/C20H31N3O3/c1-22(19(24)20(16-25-2)7-9-21-10-8-20)15-17-5-3-4-6-18(17)23-11-13-26-14-12-23/h3-6,21H,7-16H2,1-2H3. The van der Waals surface area contributed by atoms with Crippen molar-refractivity contribution in [2.24, 2.45) is 5.41 Å². The normalized spacial score (nSPS) is 20.0. The number of nitrogens with zero attached hydrogens (tertiary/aromatic N) is 2. The molecule has 144 valence electrons. The van der Waals surface area contributed by atoms with Crippen LogP contribution in [0.1, 0.15) is 18.4 Å². The summed E-state index contributed by atoms with van der Waals surface area (Å²) in [5.41, 5.74) is 2.00. The molecule has 0 radical (unpaired) electrons. The number of carbonyl (C=O) groups is 1. The van der Waals surface area contributed by atoms with E-state index in [1.54, 1.807) is 7.11 Å². The molecule has 26 heavy (non-hydrogen) atoms. The highest BCUT2D eigenvalue weighted by Gasteiger charge is 2.41. The summed E-state index contributed by atoms with van der Waals surface area (Å²) in [4.78, 5) is 17.5. The maximum absolute atomic E-state index is 13.3. The van der Waals surface area contributed by atoms with Gasteiger partial charge >= 0.3 is 0 Å². The average molecular weight is 361 g/mol. The van der Waals surface area contributed by atoms with Crippen LogP contribution in [0.5, 0.6) is 0 Å². The van der Waals surface area contributed by atoms with Crippen molar-refractivity contribution in [3.8, 4) is 0 Å². The zero-order chi connectivity index (χ0) is 18.4. The minimum Gasteiger partial charge on any atom is -0.384 e. The van der Waals surface area contributed by atoms with Gasteiger partial charge in [0.15, 0.2) is 0 Å². The highest BCUT2D eigenvalue weighted by atomic mass is 16.5. The van der Waals surface area contributed by atoms with Gasteiger partial charge in [-0.2, -0.15) is 0 Å². The van der Waals surface area contributed by atoms with Crippen LogP contribution in [-0.2, 0) is 20.8 Å². The lowest BCUT2D eigenvalue weighted by Crippen LogP contribution is -2.50. The number of ether oxygens (including phenoxy) is 2. The van der Waals surface area contributed by atoms with Gasteiger partial charge in [-0.05, 0) is 37.6 Å². The van der Waals surface area contributed by atoms with Crippen LogP contribution < -0.4 is 10.2 Å². The van der Waals surface area contributed by atoms with E-state index in [0.29, 0.717) is 13.2 Å². The van der Waals surface area contributed by atoms with Gasteiger partial charge in [-0.25, -0.2) is 0 Å². The molecule has 0 atom stereocenters. The molecule has 6 nitrogen and oxygen atoms in total. The van der Waals surface area contributed by atoms with Crippen molar-refractivity contribution < 1.29 is 14.3 Å². The molecule has 0 unspecified atom stereocenters. The molecule has 2 heterocycles. The number of rotatable bonds is 6. The van der Waals surface area contributed by atoms with E-state index in [-0.39, 0.29) is 5.91 Å². The van der Waals surface area contributed by atoms with E-state index >= 15 is 0 Å². The van der Waals surface area contributed by atoms with Gasteiger partial charge in [-0.3, -0.25) is 4.79 Å². The molecule has 2 fully saturated rings. The molecule has 2 saturated heterocycles. The minimum atomic E-state index is -0.400. The van der Waals surface area contributed by atoms with Crippen LogP contribution in [0.3, 0.4) is 0 Å². The Balaban J connectivity index is 1.74. The zero-order valence-corrected chi connectivity index (χ0v) is 16.0. The van der Waals surface area contributed by atoms with Gasteiger partial charge in [-0.15, -0.1) is 0 Å². The SMILES string of the molecule is COCC1(C(=O)N(C)Cc2ccccc2N2CCOCC2)CCNCC1. The second-order valence-corrected chi connectivity index (χ2v) is 7.35. The van der Waals surface area contributed by atoms with Gasteiger partial charge in [0.25, 0.3) is 0 Å². The Kier molecular flexibility index (Phi) is 6.51. The summed E-state index contributed by atoms with van der Waals surface area (Å²) in [6.07, 6.45) is 1.66. The summed E-state index contributed by atoms with van der Waals surface area (Å²) >= 11 is 0. The number of anilines is 1. The number of benzene rings is 1. The Labute approximate surface area is 156 Å². The third kappa shape index (κ3) is 4.19. The predicted octanol–water partition coefficient (Wildman–Crippen LogP) is 1.50. The van der Waals surface area contributed by atoms with Crippen molar-refractivity contribution in [1.82, 2.24) is 10.2 Å². The first-order valence-electron chi connectivity index (χ1n) is 9.52. The number of nitrogens with one attached hydrogen (secondary N) is 1. The highest BCUT2D eigenvalue weighted by Crippen LogP contribution is 2.32. The van der Waals surface area contributed by atoms with Crippen LogP contribution in [0.25, 0.3) is 0 Å².